The Bertz CT molecular complexity index is 130. The Balaban J connectivity index is 2.27. The maximum absolute atomic E-state index is 3.53. The zero-order valence-corrected chi connectivity index (χ0v) is 10.5. The zero-order valence-electron chi connectivity index (χ0n) is 8.93. The second-order valence-corrected chi connectivity index (χ2v) is 5.22. The van der Waals surface area contributed by atoms with Crippen molar-refractivity contribution in [2.24, 2.45) is 5.92 Å². The van der Waals surface area contributed by atoms with Gasteiger partial charge in [0.1, 0.15) is 0 Å². The molecule has 0 N–H and O–H groups in total. The zero-order chi connectivity index (χ0) is 9.68. The van der Waals surface area contributed by atoms with E-state index in [-0.39, 0.29) is 0 Å². The van der Waals surface area contributed by atoms with Gasteiger partial charge in [0, 0.05) is 24.5 Å². The molecule has 1 rings (SSSR count). The van der Waals surface area contributed by atoms with Crippen LogP contribution in [-0.4, -0.2) is 29.4 Å². The second kappa shape index (κ2) is 6.02. The van der Waals surface area contributed by atoms with E-state index in [0.29, 0.717) is 6.04 Å². The van der Waals surface area contributed by atoms with Crippen LogP contribution in [0.4, 0.5) is 0 Å². The van der Waals surface area contributed by atoms with Gasteiger partial charge in [-0.3, -0.25) is 4.90 Å². The molecule has 0 aliphatic heterocycles. The van der Waals surface area contributed by atoms with E-state index in [9.17, 15) is 0 Å². The van der Waals surface area contributed by atoms with Crippen LogP contribution in [0.15, 0.2) is 0 Å². The molecule has 0 aromatic rings. The van der Waals surface area contributed by atoms with Crippen LogP contribution in [0.5, 0.6) is 0 Å². The summed E-state index contributed by atoms with van der Waals surface area (Å²) in [6, 6.07) is 0.707. The minimum absolute atomic E-state index is 0.707. The lowest BCUT2D eigenvalue weighted by atomic mass is 10.1. The third-order valence-electron chi connectivity index (χ3n) is 3.07. The fourth-order valence-corrected chi connectivity index (χ4v) is 2.65. The van der Waals surface area contributed by atoms with E-state index < -0.39 is 0 Å². The molecule has 1 nitrogen and oxygen atoms in total. The minimum atomic E-state index is 0.707. The van der Waals surface area contributed by atoms with E-state index in [2.05, 4.69) is 34.7 Å². The highest BCUT2D eigenvalue weighted by atomic mass is 79.9. The Hall–Kier alpha value is 0.440. The molecule has 1 saturated carbocycles. The fourth-order valence-electron chi connectivity index (χ4n) is 2.19. The van der Waals surface area contributed by atoms with Crippen molar-refractivity contribution in [1.82, 2.24) is 4.90 Å². The predicted octanol–water partition coefficient (Wildman–Crippen LogP) is 3.28. The molecule has 1 aliphatic carbocycles. The van der Waals surface area contributed by atoms with Gasteiger partial charge in [-0.2, -0.15) is 0 Å². The van der Waals surface area contributed by atoms with Crippen molar-refractivity contribution in [3.63, 3.8) is 0 Å². The van der Waals surface area contributed by atoms with Gasteiger partial charge in [-0.15, -0.1) is 0 Å². The number of nitrogens with zero attached hydrogens (tertiary/aromatic N) is 1. The van der Waals surface area contributed by atoms with Crippen LogP contribution in [0.25, 0.3) is 0 Å². The third-order valence-corrected chi connectivity index (χ3v) is 3.42. The first-order chi connectivity index (χ1) is 6.24. The molecule has 0 aromatic carbocycles. The van der Waals surface area contributed by atoms with Crippen LogP contribution in [0.2, 0.25) is 0 Å². The SMILES string of the molecule is CC(C)N(CCBr)CC1CCCC1. The van der Waals surface area contributed by atoms with Gasteiger partial charge in [0.05, 0.1) is 0 Å². The summed E-state index contributed by atoms with van der Waals surface area (Å²) in [5.41, 5.74) is 0. The van der Waals surface area contributed by atoms with Gasteiger partial charge in [0.15, 0.2) is 0 Å². The van der Waals surface area contributed by atoms with Crippen LogP contribution >= 0.6 is 15.9 Å². The summed E-state index contributed by atoms with van der Waals surface area (Å²) in [4.78, 5) is 2.60. The third kappa shape index (κ3) is 3.99. The monoisotopic (exact) mass is 247 g/mol. The molecule has 1 fully saturated rings. The van der Waals surface area contributed by atoms with Crippen molar-refractivity contribution in [3.8, 4) is 0 Å². The number of alkyl halides is 1. The highest BCUT2D eigenvalue weighted by Gasteiger charge is 2.19. The standard InChI is InChI=1S/C11H22BrN/c1-10(2)13(8-7-12)9-11-5-3-4-6-11/h10-11H,3-9H2,1-2H3. The molecule has 78 valence electrons. The first kappa shape index (κ1) is 11.5. The van der Waals surface area contributed by atoms with E-state index in [4.69, 9.17) is 0 Å². The average molecular weight is 248 g/mol. The van der Waals surface area contributed by atoms with Gasteiger partial charge >= 0.3 is 0 Å². The number of hydrogen-bond donors (Lipinski definition) is 0. The van der Waals surface area contributed by atoms with E-state index in [1.807, 2.05) is 0 Å². The molecular weight excluding hydrogens is 226 g/mol. The molecule has 1 aliphatic rings. The summed E-state index contributed by atoms with van der Waals surface area (Å²) in [6.45, 7) is 7.13. The normalized spacial score (nSPS) is 19.2. The molecule has 0 atom stereocenters. The molecular formula is C11H22BrN. The Morgan fingerprint density at radius 1 is 1.31 bits per heavy atom. The molecule has 0 unspecified atom stereocenters. The number of halogens is 1. The number of rotatable bonds is 5. The fraction of sp³-hybridized carbons (Fsp3) is 1.00. The summed E-state index contributed by atoms with van der Waals surface area (Å²) < 4.78 is 0. The summed E-state index contributed by atoms with van der Waals surface area (Å²) in [6.07, 6.45) is 5.85. The van der Waals surface area contributed by atoms with Crippen molar-refractivity contribution in [2.75, 3.05) is 18.4 Å². The van der Waals surface area contributed by atoms with Gasteiger partial charge in [0.25, 0.3) is 0 Å². The lowest BCUT2D eigenvalue weighted by molar-refractivity contribution is 0.200. The number of hydrogen-bond acceptors (Lipinski definition) is 1. The van der Waals surface area contributed by atoms with Gasteiger partial charge < -0.3 is 0 Å². The van der Waals surface area contributed by atoms with Gasteiger partial charge in [-0.1, -0.05) is 28.8 Å². The molecule has 0 spiro atoms. The predicted molar refractivity (Wildman–Crippen MR) is 62.5 cm³/mol. The van der Waals surface area contributed by atoms with Crippen molar-refractivity contribution in [3.05, 3.63) is 0 Å². The molecule has 0 radical (unpaired) electrons. The second-order valence-electron chi connectivity index (χ2n) is 4.43. The maximum atomic E-state index is 3.53. The van der Waals surface area contributed by atoms with Gasteiger partial charge in [0.2, 0.25) is 0 Å². The Labute approximate surface area is 91.0 Å². The largest absolute Gasteiger partial charge is 0.300 e. The molecule has 0 heterocycles. The summed E-state index contributed by atoms with van der Waals surface area (Å²) in [7, 11) is 0. The minimum Gasteiger partial charge on any atom is -0.300 e. The van der Waals surface area contributed by atoms with E-state index in [1.165, 1.54) is 38.8 Å². The Kier molecular flexibility index (Phi) is 5.34. The molecule has 0 saturated heterocycles. The van der Waals surface area contributed by atoms with Crippen molar-refractivity contribution >= 4 is 15.9 Å². The van der Waals surface area contributed by atoms with Crippen molar-refractivity contribution < 1.29 is 0 Å². The smallest absolute Gasteiger partial charge is 0.0159 e. The molecule has 2 heteroatoms. The average Bonchev–Trinajstić information content (AvgIpc) is 2.56. The summed E-state index contributed by atoms with van der Waals surface area (Å²) >= 11 is 3.53. The van der Waals surface area contributed by atoms with Crippen LogP contribution < -0.4 is 0 Å². The molecule has 0 bridgehead atoms. The van der Waals surface area contributed by atoms with E-state index >= 15 is 0 Å². The highest BCUT2D eigenvalue weighted by Crippen LogP contribution is 2.25. The van der Waals surface area contributed by atoms with Crippen LogP contribution in [0.1, 0.15) is 39.5 Å². The molecule has 0 amide bonds. The maximum Gasteiger partial charge on any atom is 0.0159 e. The lowest BCUT2D eigenvalue weighted by Gasteiger charge is -2.28. The Morgan fingerprint density at radius 2 is 1.92 bits per heavy atom. The van der Waals surface area contributed by atoms with Crippen molar-refractivity contribution in [1.29, 1.82) is 0 Å². The van der Waals surface area contributed by atoms with E-state index in [0.717, 1.165) is 11.2 Å². The molecule has 0 aromatic heterocycles. The quantitative estimate of drug-likeness (QED) is 0.675. The van der Waals surface area contributed by atoms with Crippen LogP contribution in [0, 0.1) is 5.92 Å². The first-order valence-corrected chi connectivity index (χ1v) is 6.66. The summed E-state index contributed by atoms with van der Waals surface area (Å²) in [5, 5.41) is 1.11. The first-order valence-electron chi connectivity index (χ1n) is 5.54. The summed E-state index contributed by atoms with van der Waals surface area (Å²) in [5.74, 6) is 0.987. The van der Waals surface area contributed by atoms with Gasteiger partial charge in [-0.25, -0.2) is 0 Å². The lowest BCUT2D eigenvalue weighted by Crippen LogP contribution is -2.36. The Morgan fingerprint density at radius 3 is 2.38 bits per heavy atom. The van der Waals surface area contributed by atoms with Crippen LogP contribution in [0.3, 0.4) is 0 Å². The van der Waals surface area contributed by atoms with Gasteiger partial charge in [-0.05, 0) is 32.6 Å². The topological polar surface area (TPSA) is 3.24 Å². The van der Waals surface area contributed by atoms with Crippen molar-refractivity contribution in [2.45, 2.75) is 45.6 Å². The molecule has 13 heavy (non-hydrogen) atoms. The van der Waals surface area contributed by atoms with Crippen LogP contribution in [-0.2, 0) is 0 Å². The van der Waals surface area contributed by atoms with E-state index in [1.54, 1.807) is 0 Å². The highest BCUT2D eigenvalue weighted by molar-refractivity contribution is 9.09.